The van der Waals surface area contributed by atoms with E-state index in [1.807, 2.05) is 30.1 Å². The van der Waals surface area contributed by atoms with Crippen molar-refractivity contribution in [3.05, 3.63) is 28.8 Å². The summed E-state index contributed by atoms with van der Waals surface area (Å²) in [4.78, 5) is 13.6. The van der Waals surface area contributed by atoms with Crippen molar-refractivity contribution in [2.75, 3.05) is 25.0 Å². The fourth-order valence-electron chi connectivity index (χ4n) is 1.99. The first-order valence-corrected chi connectivity index (χ1v) is 5.83. The van der Waals surface area contributed by atoms with Gasteiger partial charge in [-0.3, -0.25) is 4.79 Å². The van der Waals surface area contributed by atoms with Crippen LogP contribution in [0.5, 0.6) is 0 Å². The van der Waals surface area contributed by atoms with Crippen molar-refractivity contribution in [3.8, 4) is 0 Å². The molecule has 1 heterocycles. The third-order valence-corrected chi connectivity index (χ3v) is 3.02. The number of nitrogens with one attached hydrogen (secondary N) is 1. The van der Waals surface area contributed by atoms with Gasteiger partial charge in [-0.1, -0.05) is 17.7 Å². The first-order chi connectivity index (χ1) is 7.72. The maximum absolute atomic E-state index is 11.8. The van der Waals surface area contributed by atoms with Crippen LogP contribution in [0.2, 0.25) is 5.02 Å². The predicted molar refractivity (Wildman–Crippen MR) is 66.1 cm³/mol. The lowest BCUT2D eigenvalue weighted by Crippen LogP contribution is -2.29. The Hall–Kier alpha value is -1.06. The number of carbonyl (C=O) groups excluding carboxylic acids is 1. The minimum Gasteiger partial charge on any atom is -0.320 e. The molecule has 1 aromatic carbocycles. The molecule has 0 unspecified atom stereocenters. The van der Waals surface area contributed by atoms with Crippen LogP contribution in [0.3, 0.4) is 0 Å². The van der Waals surface area contributed by atoms with Gasteiger partial charge in [0.2, 0.25) is 5.91 Å². The van der Waals surface area contributed by atoms with Crippen LogP contribution in [0.1, 0.15) is 12.0 Å². The van der Waals surface area contributed by atoms with E-state index in [0.717, 1.165) is 30.8 Å². The Labute approximate surface area is 100 Å². The van der Waals surface area contributed by atoms with Crippen LogP contribution in [0.4, 0.5) is 5.69 Å². The second kappa shape index (κ2) is 4.85. The maximum atomic E-state index is 11.8. The zero-order chi connectivity index (χ0) is 11.5. The largest absolute Gasteiger partial charge is 0.320 e. The summed E-state index contributed by atoms with van der Waals surface area (Å²) in [5.41, 5.74) is 2.06. The summed E-state index contributed by atoms with van der Waals surface area (Å²) in [5, 5.41) is 3.76. The zero-order valence-corrected chi connectivity index (χ0v) is 10.0. The van der Waals surface area contributed by atoms with Gasteiger partial charge in [0.25, 0.3) is 0 Å². The molecule has 0 fully saturated rings. The third kappa shape index (κ3) is 2.20. The molecule has 3 nitrogen and oxygen atoms in total. The smallest absolute Gasteiger partial charge is 0.231 e. The van der Waals surface area contributed by atoms with Crippen LogP contribution < -0.4 is 10.2 Å². The summed E-state index contributed by atoms with van der Waals surface area (Å²) in [6, 6.07) is 5.65. The van der Waals surface area contributed by atoms with Gasteiger partial charge in [-0.05, 0) is 37.7 Å². The van der Waals surface area contributed by atoms with E-state index in [1.165, 1.54) is 0 Å². The van der Waals surface area contributed by atoms with Crippen LogP contribution in [-0.4, -0.2) is 26.0 Å². The number of halogens is 1. The van der Waals surface area contributed by atoms with E-state index in [2.05, 4.69) is 5.32 Å². The highest BCUT2D eigenvalue weighted by Crippen LogP contribution is 2.31. The summed E-state index contributed by atoms with van der Waals surface area (Å²) in [5.74, 6) is 0.174. The Morgan fingerprint density at radius 2 is 2.31 bits per heavy atom. The van der Waals surface area contributed by atoms with Crippen LogP contribution >= 0.6 is 11.6 Å². The lowest BCUT2D eigenvalue weighted by atomic mass is 10.2. The molecule has 16 heavy (non-hydrogen) atoms. The predicted octanol–water partition coefficient (Wildman–Crippen LogP) is 1.84. The van der Waals surface area contributed by atoms with Crippen LogP contribution in [0, 0.1) is 0 Å². The maximum Gasteiger partial charge on any atom is 0.231 e. The number of hydrogen-bond donors (Lipinski definition) is 1. The Bertz CT molecular complexity index is 406. The molecular formula is C12H15ClN2O. The van der Waals surface area contributed by atoms with Crippen LogP contribution in [0.15, 0.2) is 18.2 Å². The molecule has 1 amide bonds. The molecule has 4 heteroatoms. The van der Waals surface area contributed by atoms with E-state index in [9.17, 15) is 4.79 Å². The van der Waals surface area contributed by atoms with Crippen LogP contribution in [0.25, 0.3) is 0 Å². The lowest BCUT2D eigenvalue weighted by Gasteiger charge is -2.17. The summed E-state index contributed by atoms with van der Waals surface area (Å²) in [6.45, 7) is 1.67. The van der Waals surface area contributed by atoms with Crippen molar-refractivity contribution >= 4 is 23.2 Å². The fourth-order valence-corrected chi connectivity index (χ4v) is 2.16. The van der Waals surface area contributed by atoms with Gasteiger partial charge in [-0.15, -0.1) is 0 Å². The average Bonchev–Trinajstić information content (AvgIpc) is 2.56. The number of benzene rings is 1. The number of nitrogens with zero attached hydrogens (tertiary/aromatic N) is 1. The highest BCUT2D eigenvalue weighted by Gasteiger charge is 2.26. The van der Waals surface area contributed by atoms with Gasteiger partial charge < -0.3 is 10.2 Å². The third-order valence-electron chi connectivity index (χ3n) is 2.79. The quantitative estimate of drug-likeness (QED) is 0.812. The van der Waals surface area contributed by atoms with Crippen molar-refractivity contribution in [2.24, 2.45) is 0 Å². The van der Waals surface area contributed by atoms with E-state index in [-0.39, 0.29) is 5.91 Å². The van der Waals surface area contributed by atoms with Crippen molar-refractivity contribution in [1.29, 1.82) is 0 Å². The molecule has 0 bridgehead atoms. The van der Waals surface area contributed by atoms with Crippen molar-refractivity contribution in [2.45, 2.75) is 12.8 Å². The monoisotopic (exact) mass is 238 g/mol. The van der Waals surface area contributed by atoms with Gasteiger partial charge in [-0.2, -0.15) is 0 Å². The first kappa shape index (κ1) is 11.4. The molecule has 1 aliphatic rings. The molecule has 0 saturated carbocycles. The molecule has 1 N–H and O–H groups in total. The minimum atomic E-state index is 0.174. The summed E-state index contributed by atoms with van der Waals surface area (Å²) in [7, 11) is 1.91. The van der Waals surface area contributed by atoms with E-state index < -0.39 is 0 Å². The van der Waals surface area contributed by atoms with E-state index in [1.54, 1.807) is 0 Å². The molecular weight excluding hydrogens is 224 g/mol. The highest BCUT2D eigenvalue weighted by atomic mass is 35.5. The van der Waals surface area contributed by atoms with Gasteiger partial charge >= 0.3 is 0 Å². The summed E-state index contributed by atoms with van der Waals surface area (Å²) >= 11 is 5.95. The van der Waals surface area contributed by atoms with Gasteiger partial charge in [0, 0.05) is 17.3 Å². The second-order valence-corrected chi connectivity index (χ2v) is 4.39. The van der Waals surface area contributed by atoms with Crippen molar-refractivity contribution in [1.82, 2.24) is 5.32 Å². The summed E-state index contributed by atoms with van der Waals surface area (Å²) in [6.07, 6.45) is 1.46. The first-order valence-electron chi connectivity index (χ1n) is 5.46. The molecule has 0 aliphatic carbocycles. The van der Waals surface area contributed by atoms with Gasteiger partial charge in [0.15, 0.2) is 0 Å². The molecule has 1 aliphatic heterocycles. The number of carbonyl (C=O) groups is 1. The molecule has 0 spiro atoms. The zero-order valence-electron chi connectivity index (χ0n) is 9.29. The molecule has 1 aromatic rings. The molecule has 0 aromatic heterocycles. The van der Waals surface area contributed by atoms with Gasteiger partial charge in [0.05, 0.1) is 6.42 Å². The lowest BCUT2D eigenvalue weighted by molar-refractivity contribution is -0.117. The molecule has 0 atom stereocenters. The Kier molecular flexibility index (Phi) is 3.46. The Balaban J connectivity index is 2.15. The minimum absolute atomic E-state index is 0.174. The van der Waals surface area contributed by atoms with Crippen LogP contribution in [-0.2, 0) is 11.2 Å². The number of hydrogen-bond acceptors (Lipinski definition) is 2. The molecule has 0 radical (unpaired) electrons. The fraction of sp³-hybridized carbons (Fsp3) is 0.417. The average molecular weight is 239 g/mol. The van der Waals surface area contributed by atoms with E-state index in [0.29, 0.717) is 11.4 Å². The molecule has 2 rings (SSSR count). The topological polar surface area (TPSA) is 32.3 Å². The van der Waals surface area contributed by atoms with Crippen molar-refractivity contribution < 1.29 is 4.79 Å². The SMILES string of the molecule is CNCCCN1C(=O)Cc2ccc(Cl)cc21. The number of amides is 1. The number of rotatable bonds is 4. The Morgan fingerprint density at radius 3 is 3.06 bits per heavy atom. The molecule has 86 valence electrons. The Morgan fingerprint density at radius 1 is 1.50 bits per heavy atom. The summed E-state index contributed by atoms with van der Waals surface area (Å²) < 4.78 is 0. The number of anilines is 1. The van der Waals surface area contributed by atoms with Gasteiger partial charge in [-0.25, -0.2) is 0 Å². The highest BCUT2D eigenvalue weighted by molar-refractivity contribution is 6.31. The standard InChI is InChI=1S/C12H15ClN2O/c1-14-5-2-6-15-11-8-10(13)4-3-9(11)7-12(15)16/h3-4,8,14H,2,5-7H2,1H3. The second-order valence-electron chi connectivity index (χ2n) is 3.95. The van der Waals surface area contributed by atoms with Gasteiger partial charge in [0.1, 0.15) is 0 Å². The number of fused-ring (bicyclic) bond motifs is 1. The van der Waals surface area contributed by atoms with E-state index in [4.69, 9.17) is 11.6 Å². The normalized spacial score (nSPS) is 14.4. The molecule has 0 saturated heterocycles. The van der Waals surface area contributed by atoms with Crippen molar-refractivity contribution in [3.63, 3.8) is 0 Å². The van der Waals surface area contributed by atoms with E-state index >= 15 is 0 Å².